The van der Waals surface area contributed by atoms with Crippen LogP contribution in [0, 0.1) is 5.82 Å². The Labute approximate surface area is 121 Å². The Kier molecular flexibility index (Phi) is 3.09. The molecule has 0 atom stereocenters. The lowest BCUT2D eigenvalue weighted by Crippen LogP contribution is -2.25. The van der Waals surface area contributed by atoms with E-state index in [0.717, 1.165) is 4.68 Å². The molecule has 0 saturated carbocycles. The third kappa shape index (κ3) is 2.11. The van der Waals surface area contributed by atoms with Gasteiger partial charge in [0.1, 0.15) is 11.2 Å². The van der Waals surface area contributed by atoms with Crippen LogP contribution < -0.4 is 5.56 Å². The highest BCUT2D eigenvalue weighted by atomic mass is 79.9. The fraction of sp³-hybridized carbons (Fsp3) is 0.167. The molecule has 102 valence electrons. The van der Waals surface area contributed by atoms with Crippen molar-refractivity contribution in [2.75, 3.05) is 0 Å². The van der Waals surface area contributed by atoms with Gasteiger partial charge in [-0.25, -0.2) is 13.8 Å². The van der Waals surface area contributed by atoms with E-state index in [9.17, 15) is 9.18 Å². The molecular formula is C12H9BrFN5O. The first-order chi connectivity index (χ1) is 9.56. The van der Waals surface area contributed by atoms with Crippen molar-refractivity contribution < 1.29 is 4.39 Å². The van der Waals surface area contributed by atoms with Crippen LogP contribution in [-0.4, -0.2) is 24.8 Å². The first-order valence-corrected chi connectivity index (χ1v) is 6.55. The molecular weight excluding hydrogens is 329 g/mol. The number of hydrogen-bond acceptors (Lipinski definition) is 4. The molecule has 8 heteroatoms. The maximum absolute atomic E-state index is 13.8. The lowest BCUT2D eigenvalue weighted by molar-refractivity contribution is 0.554. The van der Waals surface area contributed by atoms with Crippen molar-refractivity contribution in [3.8, 4) is 0 Å². The van der Waals surface area contributed by atoms with Crippen LogP contribution >= 0.6 is 15.9 Å². The summed E-state index contributed by atoms with van der Waals surface area (Å²) < 4.78 is 17.0. The number of aryl methyl sites for hydroxylation is 1. The monoisotopic (exact) mass is 337 g/mol. The quantitative estimate of drug-likeness (QED) is 0.710. The second kappa shape index (κ2) is 4.78. The zero-order chi connectivity index (χ0) is 14.3. The molecule has 1 aromatic carbocycles. The second-order valence-corrected chi connectivity index (χ2v) is 5.21. The highest BCUT2D eigenvalue weighted by molar-refractivity contribution is 9.10. The second-order valence-electron chi connectivity index (χ2n) is 4.29. The zero-order valence-electron chi connectivity index (χ0n) is 10.4. The van der Waals surface area contributed by atoms with E-state index in [-0.39, 0.29) is 12.1 Å². The van der Waals surface area contributed by atoms with E-state index in [0.29, 0.717) is 21.1 Å². The Morgan fingerprint density at radius 1 is 1.40 bits per heavy atom. The summed E-state index contributed by atoms with van der Waals surface area (Å²) in [6, 6.07) is 4.65. The number of benzene rings is 1. The summed E-state index contributed by atoms with van der Waals surface area (Å²) in [7, 11) is 1.68. The maximum Gasteiger partial charge on any atom is 0.281 e. The van der Waals surface area contributed by atoms with Gasteiger partial charge in [0.05, 0.1) is 12.7 Å². The number of nitrogens with zero attached hydrogens (tertiary/aromatic N) is 5. The van der Waals surface area contributed by atoms with E-state index in [1.165, 1.54) is 16.9 Å². The molecule has 0 aliphatic heterocycles. The minimum absolute atomic E-state index is 0.0236. The van der Waals surface area contributed by atoms with Crippen LogP contribution in [0.15, 0.2) is 33.7 Å². The Hall–Kier alpha value is -2.09. The van der Waals surface area contributed by atoms with Crippen molar-refractivity contribution >= 4 is 27.0 Å². The van der Waals surface area contributed by atoms with Gasteiger partial charge in [-0.1, -0.05) is 27.2 Å². The highest BCUT2D eigenvalue weighted by Gasteiger charge is 2.11. The summed E-state index contributed by atoms with van der Waals surface area (Å²) >= 11 is 3.18. The van der Waals surface area contributed by atoms with Gasteiger partial charge in [0.15, 0.2) is 5.65 Å². The average Bonchev–Trinajstić information content (AvgIpc) is 2.78. The molecule has 0 aliphatic rings. The molecule has 0 fully saturated rings. The average molecular weight is 338 g/mol. The third-order valence-corrected chi connectivity index (χ3v) is 3.45. The molecule has 0 aliphatic carbocycles. The van der Waals surface area contributed by atoms with Gasteiger partial charge < -0.3 is 0 Å². The summed E-state index contributed by atoms with van der Waals surface area (Å²) in [5.74, 6) is -0.403. The fourth-order valence-corrected chi connectivity index (χ4v) is 2.22. The lowest BCUT2D eigenvalue weighted by Gasteiger charge is -2.05. The van der Waals surface area contributed by atoms with Gasteiger partial charge in [-0.05, 0) is 12.1 Å². The van der Waals surface area contributed by atoms with Crippen molar-refractivity contribution in [3.63, 3.8) is 0 Å². The van der Waals surface area contributed by atoms with E-state index in [2.05, 4.69) is 31.3 Å². The van der Waals surface area contributed by atoms with Crippen LogP contribution in [0.5, 0.6) is 0 Å². The molecule has 6 nitrogen and oxygen atoms in total. The van der Waals surface area contributed by atoms with Crippen LogP contribution in [-0.2, 0) is 13.6 Å². The number of hydrogen-bond donors (Lipinski definition) is 0. The summed E-state index contributed by atoms with van der Waals surface area (Å²) in [5.41, 5.74) is 0.431. The van der Waals surface area contributed by atoms with E-state index in [1.54, 1.807) is 19.2 Å². The van der Waals surface area contributed by atoms with Crippen LogP contribution in [0.25, 0.3) is 11.0 Å². The van der Waals surface area contributed by atoms with Gasteiger partial charge in [-0.15, -0.1) is 5.10 Å². The smallest absolute Gasteiger partial charge is 0.267 e. The van der Waals surface area contributed by atoms with Crippen molar-refractivity contribution in [1.82, 2.24) is 24.8 Å². The third-order valence-electron chi connectivity index (χ3n) is 2.95. The molecule has 20 heavy (non-hydrogen) atoms. The molecule has 0 radical (unpaired) electrons. The van der Waals surface area contributed by atoms with E-state index >= 15 is 0 Å². The van der Waals surface area contributed by atoms with E-state index in [1.807, 2.05) is 0 Å². The van der Waals surface area contributed by atoms with Gasteiger partial charge in [-0.3, -0.25) is 4.79 Å². The molecule has 2 aromatic heterocycles. The van der Waals surface area contributed by atoms with Gasteiger partial charge >= 0.3 is 0 Å². The number of halogens is 2. The van der Waals surface area contributed by atoms with Crippen LogP contribution in [0.4, 0.5) is 4.39 Å². The molecule has 3 aromatic rings. The topological polar surface area (TPSA) is 65.6 Å². The van der Waals surface area contributed by atoms with Gasteiger partial charge in [0.25, 0.3) is 5.56 Å². The normalized spacial score (nSPS) is 11.2. The number of rotatable bonds is 2. The molecule has 3 rings (SSSR count). The van der Waals surface area contributed by atoms with Crippen LogP contribution in [0.1, 0.15) is 5.56 Å². The molecule has 2 heterocycles. The Morgan fingerprint density at radius 2 is 2.20 bits per heavy atom. The van der Waals surface area contributed by atoms with Gasteiger partial charge in [0.2, 0.25) is 0 Å². The zero-order valence-corrected chi connectivity index (χ0v) is 12.0. The lowest BCUT2D eigenvalue weighted by atomic mass is 10.2. The number of aromatic nitrogens is 5. The van der Waals surface area contributed by atoms with Crippen molar-refractivity contribution in [2.45, 2.75) is 6.54 Å². The summed E-state index contributed by atoms with van der Waals surface area (Å²) in [4.78, 5) is 12.2. The minimum atomic E-state index is -0.403. The number of fused-ring (bicyclic) bond motifs is 1. The Morgan fingerprint density at radius 3 is 2.95 bits per heavy atom. The van der Waals surface area contributed by atoms with Crippen LogP contribution in [0.2, 0.25) is 0 Å². The highest BCUT2D eigenvalue weighted by Crippen LogP contribution is 2.15. The van der Waals surface area contributed by atoms with E-state index in [4.69, 9.17) is 0 Å². The molecule has 0 N–H and O–H groups in total. The molecule has 0 spiro atoms. The SMILES string of the molecule is Cn1ncc2c(=O)n(Cc3ccc(Br)cc3F)nnc21. The maximum atomic E-state index is 13.8. The summed E-state index contributed by atoms with van der Waals surface area (Å²) in [5, 5.41) is 12.1. The molecule has 0 saturated heterocycles. The van der Waals surface area contributed by atoms with Gasteiger partial charge in [0, 0.05) is 17.1 Å². The molecule has 0 amide bonds. The van der Waals surface area contributed by atoms with E-state index < -0.39 is 5.82 Å². The first kappa shape index (κ1) is 12.9. The van der Waals surface area contributed by atoms with Crippen molar-refractivity contribution in [1.29, 1.82) is 0 Å². The van der Waals surface area contributed by atoms with Crippen molar-refractivity contribution in [3.05, 3.63) is 50.6 Å². The Bertz CT molecular complexity index is 857. The molecule has 0 unspecified atom stereocenters. The summed E-state index contributed by atoms with van der Waals surface area (Å²) in [6.07, 6.45) is 1.43. The predicted molar refractivity (Wildman–Crippen MR) is 73.8 cm³/mol. The Balaban J connectivity index is 2.07. The van der Waals surface area contributed by atoms with Gasteiger partial charge in [-0.2, -0.15) is 5.10 Å². The fourth-order valence-electron chi connectivity index (χ4n) is 1.89. The van der Waals surface area contributed by atoms with Crippen molar-refractivity contribution in [2.24, 2.45) is 7.05 Å². The molecule has 0 bridgehead atoms. The largest absolute Gasteiger partial charge is 0.281 e. The first-order valence-electron chi connectivity index (χ1n) is 5.75. The standard InChI is InChI=1S/C12H9BrFN5O/c1-18-11-9(5-15-18)12(20)19(17-16-11)6-7-2-3-8(13)4-10(7)14/h2-5H,6H2,1H3. The van der Waals surface area contributed by atoms with Crippen LogP contribution in [0.3, 0.4) is 0 Å². The summed E-state index contributed by atoms with van der Waals surface area (Å²) in [6.45, 7) is 0.0236. The minimum Gasteiger partial charge on any atom is -0.267 e. The predicted octanol–water partition coefficient (Wildman–Crippen LogP) is 1.47.